The zero-order valence-electron chi connectivity index (χ0n) is 16.1. The highest BCUT2D eigenvalue weighted by molar-refractivity contribution is 5.99. The Labute approximate surface area is 159 Å². The van der Waals surface area contributed by atoms with E-state index in [9.17, 15) is 14.4 Å². The molecule has 1 aromatic heterocycles. The largest absolute Gasteiger partial charge is 0.352 e. The number of pyridine rings is 1. The van der Waals surface area contributed by atoms with Crippen molar-refractivity contribution in [3.8, 4) is 0 Å². The number of rotatable bonds is 8. The lowest BCUT2D eigenvalue weighted by Gasteiger charge is -2.13. The number of amides is 2. The molecule has 6 heteroatoms. The molecule has 2 rings (SSSR count). The van der Waals surface area contributed by atoms with Gasteiger partial charge in [-0.15, -0.1) is 0 Å². The highest BCUT2D eigenvalue weighted by atomic mass is 16.2. The highest BCUT2D eigenvalue weighted by Gasteiger charge is 2.19. The molecule has 0 bridgehead atoms. The molecular weight excluding hydrogens is 342 g/mol. The van der Waals surface area contributed by atoms with E-state index in [-0.39, 0.29) is 17.0 Å². The van der Waals surface area contributed by atoms with Gasteiger partial charge in [-0.25, -0.2) is 0 Å². The first-order chi connectivity index (χ1) is 12.9. The summed E-state index contributed by atoms with van der Waals surface area (Å²) in [5.74, 6) is -0.649. The predicted molar refractivity (Wildman–Crippen MR) is 106 cm³/mol. The number of nitrogens with one attached hydrogen (secondary N) is 2. The van der Waals surface area contributed by atoms with Gasteiger partial charge in [0, 0.05) is 32.0 Å². The fraction of sp³-hybridized carbons (Fsp3) is 0.381. The first kappa shape index (κ1) is 20.4. The summed E-state index contributed by atoms with van der Waals surface area (Å²) >= 11 is 0. The Morgan fingerprint density at radius 3 is 2.15 bits per heavy atom. The lowest BCUT2D eigenvalue weighted by Crippen LogP contribution is -2.36. The van der Waals surface area contributed by atoms with E-state index in [4.69, 9.17) is 0 Å². The molecule has 144 valence electrons. The van der Waals surface area contributed by atoms with Crippen molar-refractivity contribution < 1.29 is 9.59 Å². The van der Waals surface area contributed by atoms with Crippen LogP contribution in [0.25, 0.3) is 0 Å². The molecule has 2 aromatic rings. The van der Waals surface area contributed by atoms with Crippen LogP contribution in [0.1, 0.15) is 47.1 Å². The number of carbonyl (C=O) groups excluding carboxylic acids is 2. The second-order valence-electron chi connectivity index (χ2n) is 6.85. The standard InChI is InChI=1S/C21H27N3O3/c1-4-22-20(26)17-13-24(11-10-16-8-6-5-7-9-16)14-18(19(17)25)21(27)23-12-15(2)3/h5-9,13-15H,4,10-12H2,1-3H3,(H,22,26)(H,23,27). The van der Waals surface area contributed by atoms with E-state index in [0.29, 0.717) is 19.6 Å². The van der Waals surface area contributed by atoms with Crippen LogP contribution in [0.3, 0.4) is 0 Å². The maximum absolute atomic E-state index is 12.7. The van der Waals surface area contributed by atoms with E-state index in [1.807, 2.05) is 44.2 Å². The smallest absolute Gasteiger partial charge is 0.256 e. The molecule has 0 spiro atoms. The van der Waals surface area contributed by atoms with Crippen molar-refractivity contribution in [2.45, 2.75) is 33.7 Å². The summed E-state index contributed by atoms with van der Waals surface area (Å²) in [5, 5.41) is 5.39. The fourth-order valence-corrected chi connectivity index (χ4v) is 2.63. The number of aryl methyl sites for hydroxylation is 2. The SMILES string of the molecule is CCNC(=O)c1cn(CCc2ccccc2)cc(C(=O)NCC(C)C)c1=O. The topological polar surface area (TPSA) is 80.2 Å². The van der Waals surface area contributed by atoms with E-state index < -0.39 is 17.2 Å². The maximum Gasteiger partial charge on any atom is 0.256 e. The maximum atomic E-state index is 12.7. The third-order valence-electron chi connectivity index (χ3n) is 4.08. The van der Waals surface area contributed by atoms with Crippen molar-refractivity contribution in [3.63, 3.8) is 0 Å². The first-order valence-electron chi connectivity index (χ1n) is 9.26. The molecule has 6 nitrogen and oxygen atoms in total. The Hall–Kier alpha value is -2.89. The van der Waals surface area contributed by atoms with E-state index in [1.54, 1.807) is 11.5 Å². The summed E-state index contributed by atoms with van der Waals surface area (Å²) in [5.41, 5.74) is 0.578. The highest BCUT2D eigenvalue weighted by Crippen LogP contribution is 2.05. The Balaban J connectivity index is 2.33. The minimum atomic E-state index is -0.543. The Kier molecular flexibility index (Phi) is 7.34. The number of nitrogens with zero attached hydrogens (tertiary/aromatic N) is 1. The van der Waals surface area contributed by atoms with E-state index in [2.05, 4.69) is 10.6 Å². The van der Waals surface area contributed by atoms with Gasteiger partial charge < -0.3 is 15.2 Å². The molecule has 0 saturated heterocycles. The zero-order valence-corrected chi connectivity index (χ0v) is 16.1. The van der Waals surface area contributed by atoms with Gasteiger partial charge in [-0.3, -0.25) is 14.4 Å². The van der Waals surface area contributed by atoms with Crippen molar-refractivity contribution in [1.29, 1.82) is 0 Å². The molecule has 0 unspecified atom stereocenters. The molecule has 0 aliphatic rings. The normalized spacial score (nSPS) is 10.7. The van der Waals surface area contributed by atoms with Crippen molar-refractivity contribution >= 4 is 11.8 Å². The average Bonchev–Trinajstić information content (AvgIpc) is 2.66. The molecule has 27 heavy (non-hydrogen) atoms. The fourth-order valence-electron chi connectivity index (χ4n) is 2.63. The number of benzene rings is 1. The molecule has 0 saturated carbocycles. The molecule has 0 atom stereocenters. The Bertz CT molecular complexity index is 841. The van der Waals surface area contributed by atoms with Crippen molar-refractivity contribution in [1.82, 2.24) is 15.2 Å². The first-order valence-corrected chi connectivity index (χ1v) is 9.26. The van der Waals surface area contributed by atoms with Gasteiger partial charge in [0.1, 0.15) is 11.1 Å². The van der Waals surface area contributed by atoms with Crippen LogP contribution in [0.5, 0.6) is 0 Å². The van der Waals surface area contributed by atoms with Crippen LogP contribution in [0.2, 0.25) is 0 Å². The van der Waals surface area contributed by atoms with E-state index in [0.717, 1.165) is 12.0 Å². The van der Waals surface area contributed by atoms with Gasteiger partial charge in [0.05, 0.1) is 0 Å². The molecule has 1 aromatic carbocycles. The molecule has 0 radical (unpaired) electrons. The van der Waals surface area contributed by atoms with Gasteiger partial charge in [-0.05, 0) is 24.8 Å². The summed E-state index contributed by atoms with van der Waals surface area (Å²) in [7, 11) is 0. The molecule has 2 N–H and O–H groups in total. The van der Waals surface area contributed by atoms with Gasteiger partial charge in [0.2, 0.25) is 5.43 Å². The van der Waals surface area contributed by atoms with Gasteiger partial charge in [0.15, 0.2) is 0 Å². The van der Waals surface area contributed by atoms with Crippen LogP contribution in [0, 0.1) is 5.92 Å². The summed E-state index contributed by atoms with van der Waals surface area (Å²) in [6, 6.07) is 9.91. The monoisotopic (exact) mass is 369 g/mol. The number of carbonyl (C=O) groups is 2. The van der Waals surface area contributed by atoms with Crippen LogP contribution >= 0.6 is 0 Å². The summed E-state index contributed by atoms with van der Waals surface area (Å²) in [6.45, 7) is 7.17. The van der Waals surface area contributed by atoms with Gasteiger partial charge in [-0.2, -0.15) is 0 Å². The zero-order chi connectivity index (χ0) is 19.8. The number of hydrogen-bond donors (Lipinski definition) is 2. The third kappa shape index (κ3) is 5.81. The van der Waals surface area contributed by atoms with Crippen LogP contribution in [-0.4, -0.2) is 29.5 Å². The quantitative estimate of drug-likeness (QED) is 0.749. The summed E-state index contributed by atoms with van der Waals surface area (Å²) in [6.07, 6.45) is 3.78. The molecule has 0 aliphatic heterocycles. The Morgan fingerprint density at radius 2 is 1.59 bits per heavy atom. The number of aromatic nitrogens is 1. The van der Waals surface area contributed by atoms with Crippen molar-refractivity contribution in [2.24, 2.45) is 5.92 Å². The second kappa shape index (κ2) is 9.71. The lowest BCUT2D eigenvalue weighted by atomic mass is 10.1. The molecular formula is C21H27N3O3. The second-order valence-corrected chi connectivity index (χ2v) is 6.85. The van der Waals surface area contributed by atoms with Crippen LogP contribution in [-0.2, 0) is 13.0 Å². The van der Waals surface area contributed by atoms with Crippen LogP contribution in [0.4, 0.5) is 0 Å². The lowest BCUT2D eigenvalue weighted by molar-refractivity contribution is 0.0947. The third-order valence-corrected chi connectivity index (χ3v) is 4.08. The average molecular weight is 369 g/mol. The minimum Gasteiger partial charge on any atom is -0.352 e. The van der Waals surface area contributed by atoms with Gasteiger partial charge in [0.25, 0.3) is 11.8 Å². The molecule has 2 amide bonds. The van der Waals surface area contributed by atoms with Gasteiger partial charge in [-0.1, -0.05) is 44.2 Å². The minimum absolute atomic E-state index is 0.00698. The van der Waals surface area contributed by atoms with Gasteiger partial charge >= 0.3 is 0 Å². The molecule has 0 fully saturated rings. The predicted octanol–water partition coefficient (Wildman–Crippen LogP) is 2.23. The summed E-state index contributed by atoms with van der Waals surface area (Å²) in [4.78, 5) is 37.4. The van der Waals surface area contributed by atoms with E-state index >= 15 is 0 Å². The number of hydrogen-bond acceptors (Lipinski definition) is 3. The summed E-state index contributed by atoms with van der Waals surface area (Å²) < 4.78 is 1.74. The van der Waals surface area contributed by atoms with E-state index in [1.165, 1.54) is 12.4 Å². The molecule has 1 heterocycles. The van der Waals surface area contributed by atoms with Crippen LogP contribution in [0.15, 0.2) is 47.5 Å². The Morgan fingerprint density at radius 1 is 1.00 bits per heavy atom. The van der Waals surface area contributed by atoms with Crippen molar-refractivity contribution in [3.05, 3.63) is 69.6 Å². The van der Waals surface area contributed by atoms with Crippen molar-refractivity contribution in [2.75, 3.05) is 13.1 Å². The molecule has 0 aliphatic carbocycles. The van der Waals surface area contributed by atoms with Crippen LogP contribution < -0.4 is 16.1 Å².